The molecule has 0 radical (unpaired) electrons. The minimum atomic E-state index is -4.53. The van der Waals surface area contributed by atoms with E-state index in [0.29, 0.717) is 12.2 Å². The van der Waals surface area contributed by atoms with Crippen molar-refractivity contribution in [1.82, 2.24) is 4.98 Å². The second-order valence-corrected chi connectivity index (χ2v) is 7.33. The van der Waals surface area contributed by atoms with Crippen molar-refractivity contribution in [2.75, 3.05) is 11.9 Å². The van der Waals surface area contributed by atoms with Crippen LogP contribution in [-0.2, 0) is 9.84 Å². The van der Waals surface area contributed by atoms with Crippen LogP contribution in [0.15, 0.2) is 40.7 Å². The van der Waals surface area contributed by atoms with Gasteiger partial charge in [-0.2, -0.15) is 8.78 Å². The number of nitrogens with one attached hydrogen (secondary N) is 1. The molecule has 0 saturated heterocycles. The summed E-state index contributed by atoms with van der Waals surface area (Å²) in [5.74, 6) is -3.20. The van der Waals surface area contributed by atoms with E-state index in [-0.39, 0.29) is 10.8 Å². The standard InChI is InChI=1S/C13H14F2N2O2S2/c1-9(12-16-6-7-20-12)8-17-10-2-4-11(5-3-10)21(18,19)13(14)15/h2-7,9,13,17H,8H2,1H3. The molecule has 0 bridgehead atoms. The summed E-state index contributed by atoms with van der Waals surface area (Å²) in [6.07, 6.45) is 1.74. The van der Waals surface area contributed by atoms with E-state index in [2.05, 4.69) is 10.3 Å². The molecule has 0 saturated carbocycles. The van der Waals surface area contributed by atoms with Gasteiger partial charge in [-0.15, -0.1) is 11.3 Å². The lowest BCUT2D eigenvalue weighted by atomic mass is 10.2. The largest absolute Gasteiger partial charge is 0.384 e. The van der Waals surface area contributed by atoms with Crippen molar-refractivity contribution in [1.29, 1.82) is 0 Å². The summed E-state index contributed by atoms with van der Waals surface area (Å²) in [5.41, 5.74) is 0.673. The van der Waals surface area contributed by atoms with Crippen molar-refractivity contribution < 1.29 is 17.2 Å². The lowest BCUT2D eigenvalue weighted by Gasteiger charge is -2.11. The van der Waals surface area contributed by atoms with Crippen LogP contribution in [0.3, 0.4) is 0 Å². The molecule has 1 unspecified atom stereocenters. The average Bonchev–Trinajstić information content (AvgIpc) is 2.99. The zero-order chi connectivity index (χ0) is 15.5. The number of benzene rings is 1. The third-order valence-corrected chi connectivity index (χ3v) is 5.31. The van der Waals surface area contributed by atoms with Gasteiger partial charge in [-0.05, 0) is 24.3 Å². The second kappa shape index (κ2) is 6.48. The van der Waals surface area contributed by atoms with Crippen molar-refractivity contribution in [2.24, 2.45) is 0 Å². The molecule has 1 N–H and O–H groups in total. The quantitative estimate of drug-likeness (QED) is 0.881. The monoisotopic (exact) mass is 332 g/mol. The molecule has 2 aromatic rings. The molecule has 0 fully saturated rings. The molecule has 8 heteroatoms. The van der Waals surface area contributed by atoms with Gasteiger partial charge in [0.1, 0.15) is 0 Å². The predicted octanol–water partition coefficient (Wildman–Crippen LogP) is 3.36. The number of halogens is 2. The Labute approximate surface area is 125 Å². The van der Waals surface area contributed by atoms with E-state index in [0.717, 1.165) is 5.01 Å². The first-order valence-electron chi connectivity index (χ1n) is 6.16. The van der Waals surface area contributed by atoms with Crippen LogP contribution in [-0.4, -0.2) is 25.7 Å². The van der Waals surface area contributed by atoms with Gasteiger partial charge in [-0.25, -0.2) is 13.4 Å². The number of hydrogen-bond donors (Lipinski definition) is 1. The van der Waals surface area contributed by atoms with E-state index >= 15 is 0 Å². The Kier molecular flexibility index (Phi) is 4.89. The smallest absolute Gasteiger partial charge is 0.341 e. The van der Waals surface area contributed by atoms with E-state index < -0.39 is 15.6 Å². The molecule has 21 heavy (non-hydrogen) atoms. The lowest BCUT2D eigenvalue weighted by Crippen LogP contribution is -2.12. The van der Waals surface area contributed by atoms with Crippen LogP contribution >= 0.6 is 11.3 Å². The van der Waals surface area contributed by atoms with Crippen LogP contribution in [0.4, 0.5) is 14.5 Å². The van der Waals surface area contributed by atoms with Crippen molar-refractivity contribution in [3.8, 4) is 0 Å². The van der Waals surface area contributed by atoms with Gasteiger partial charge < -0.3 is 5.32 Å². The summed E-state index contributed by atoms with van der Waals surface area (Å²) < 4.78 is 47.4. The van der Waals surface area contributed by atoms with Gasteiger partial charge in [-0.3, -0.25) is 0 Å². The maximum absolute atomic E-state index is 12.4. The van der Waals surface area contributed by atoms with Gasteiger partial charge in [0, 0.05) is 29.7 Å². The fourth-order valence-corrected chi connectivity index (χ4v) is 3.12. The Balaban J connectivity index is 2.00. The van der Waals surface area contributed by atoms with Crippen molar-refractivity contribution >= 4 is 26.9 Å². The highest BCUT2D eigenvalue weighted by Gasteiger charge is 2.26. The molecule has 2 rings (SSSR count). The first-order valence-corrected chi connectivity index (χ1v) is 8.59. The van der Waals surface area contributed by atoms with E-state index in [1.54, 1.807) is 17.5 Å². The SMILES string of the molecule is CC(CNc1ccc(S(=O)(=O)C(F)F)cc1)c1nccs1. The highest BCUT2D eigenvalue weighted by molar-refractivity contribution is 7.91. The molecule has 0 spiro atoms. The topological polar surface area (TPSA) is 59.1 Å². The molecule has 1 aromatic carbocycles. The Bertz CT molecular complexity index is 671. The normalized spacial score (nSPS) is 13.3. The average molecular weight is 332 g/mol. The molecule has 1 atom stereocenters. The minimum absolute atomic E-state index is 0.203. The Morgan fingerprint density at radius 2 is 1.95 bits per heavy atom. The molecule has 0 aliphatic carbocycles. The summed E-state index contributed by atoms with van der Waals surface area (Å²) >= 11 is 1.56. The van der Waals surface area contributed by atoms with Crippen LogP contribution < -0.4 is 5.32 Å². The molecule has 4 nitrogen and oxygen atoms in total. The number of alkyl halides is 2. The molecular formula is C13H14F2N2O2S2. The Hall–Kier alpha value is -1.54. The predicted molar refractivity (Wildman–Crippen MR) is 78.7 cm³/mol. The Morgan fingerprint density at radius 1 is 1.29 bits per heavy atom. The fraction of sp³-hybridized carbons (Fsp3) is 0.308. The van der Waals surface area contributed by atoms with E-state index in [4.69, 9.17) is 0 Å². The van der Waals surface area contributed by atoms with Gasteiger partial charge in [0.05, 0.1) is 9.90 Å². The highest BCUT2D eigenvalue weighted by atomic mass is 32.2. The van der Waals surface area contributed by atoms with Crippen LogP contribution in [0.5, 0.6) is 0 Å². The van der Waals surface area contributed by atoms with E-state index in [1.807, 2.05) is 12.3 Å². The summed E-state index contributed by atoms with van der Waals surface area (Å²) in [7, 11) is -4.53. The van der Waals surface area contributed by atoms with Crippen molar-refractivity contribution in [2.45, 2.75) is 23.5 Å². The maximum Gasteiger partial charge on any atom is 0.341 e. The Morgan fingerprint density at radius 3 is 2.48 bits per heavy atom. The minimum Gasteiger partial charge on any atom is -0.384 e. The molecule has 114 valence electrons. The van der Waals surface area contributed by atoms with Gasteiger partial charge in [0.2, 0.25) is 9.84 Å². The molecular weight excluding hydrogens is 318 g/mol. The van der Waals surface area contributed by atoms with Crippen LogP contribution in [0.25, 0.3) is 0 Å². The zero-order valence-electron chi connectivity index (χ0n) is 11.2. The molecule has 1 heterocycles. The van der Waals surface area contributed by atoms with Gasteiger partial charge in [-0.1, -0.05) is 6.92 Å². The zero-order valence-corrected chi connectivity index (χ0v) is 12.8. The number of nitrogens with zero attached hydrogens (tertiary/aromatic N) is 1. The van der Waals surface area contributed by atoms with Crippen LogP contribution in [0.1, 0.15) is 17.8 Å². The number of hydrogen-bond acceptors (Lipinski definition) is 5. The third kappa shape index (κ3) is 3.76. The number of aromatic nitrogens is 1. The van der Waals surface area contributed by atoms with Crippen LogP contribution in [0.2, 0.25) is 0 Å². The first-order chi connectivity index (χ1) is 9.91. The first kappa shape index (κ1) is 15.8. The molecule has 0 aliphatic rings. The van der Waals surface area contributed by atoms with Crippen molar-refractivity contribution in [3.05, 3.63) is 40.8 Å². The summed E-state index contributed by atoms with van der Waals surface area (Å²) in [6.45, 7) is 2.63. The van der Waals surface area contributed by atoms with Gasteiger partial charge >= 0.3 is 5.76 Å². The summed E-state index contributed by atoms with van der Waals surface area (Å²) in [5, 5.41) is 6.02. The van der Waals surface area contributed by atoms with E-state index in [9.17, 15) is 17.2 Å². The number of anilines is 1. The molecule has 0 aliphatic heterocycles. The van der Waals surface area contributed by atoms with Crippen molar-refractivity contribution in [3.63, 3.8) is 0 Å². The van der Waals surface area contributed by atoms with Gasteiger partial charge in [0.25, 0.3) is 0 Å². The molecule has 0 amide bonds. The lowest BCUT2D eigenvalue weighted by molar-refractivity contribution is 0.234. The van der Waals surface area contributed by atoms with Gasteiger partial charge in [0.15, 0.2) is 0 Å². The highest BCUT2D eigenvalue weighted by Crippen LogP contribution is 2.22. The van der Waals surface area contributed by atoms with Crippen LogP contribution in [0, 0.1) is 0 Å². The summed E-state index contributed by atoms with van der Waals surface area (Å²) in [4.78, 5) is 3.83. The fourth-order valence-electron chi connectivity index (χ4n) is 1.70. The number of sulfone groups is 1. The maximum atomic E-state index is 12.4. The summed E-state index contributed by atoms with van der Waals surface area (Å²) in [6, 6.07) is 5.31. The second-order valence-electron chi connectivity index (χ2n) is 4.48. The third-order valence-electron chi connectivity index (χ3n) is 2.90. The number of rotatable bonds is 6. The number of thiazole rings is 1. The molecule has 1 aromatic heterocycles. The van der Waals surface area contributed by atoms with E-state index in [1.165, 1.54) is 24.3 Å².